The third-order valence-corrected chi connectivity index (χ3v) is 3.58. The highest BCUT2D eigenvalue weighted by Crippen LogP contribution is 2.28. The first-order valence-corrected chi connectivity index (χ1v) is 6.05. The Kier molecular flexibility index (Phi) is 4.10. The van der Waals surface area contributed by atoms with Gasteiger partial charge in [-0.05, 0) is 12.1 Å². The summed E-state index contributed by atoms with van der Waals surface area (Å²) in [5, 5.41) is 0. The zero-order valence-electron chi connectivity index (χ0n) is 10.3. The van der Waals surface area contributed by atoms with Crippen LogP contribution in [0.1, 0.15) is 18.5 Å². The molecule has 17 heavy (non-hydrogen) atoms. The van der Waals surface area contributed by atoms with Gasteiger partial charge in [0.2, 0.25) is 0 Å². The van der Waals surface area contributed by atoms with Crippen molar-refractivity contribution in [2.24, 2.45) is 5.73 Å². The lowest BCUT2D eigenvalue weighted by Crippen LogP contribution is -2.54. The zero-order chi connectivity index (χ0) is 12.1. The molecule has 4 heteroatoms. The topological polar surface area (TPSA) is 57.4 Å². The van der Waals surface area contributed by atoms with Crippen LogP contribution in [0, 0.1) is 0 Å². The molecule has 0 saturated carbocycles. The first-order valence-electron chi connectivity index (χ1n) is 6.05. The van der Waals surface area contributed by atoms with Gasteiger partial charge in [0, 0.05) is 57.5 Å². The molecule has 0 amide bonds. The average molecular weight is 236 g/mol. The Morgan fingerprint density at radius 1 is 1.47 bits per heavy atom. The Labute approximate surface area is 102 Å². The number of rotatable bonds is 4. The SMILES string of the molecule is COC1(C(N)Cc2ccccn2)CCOCC1. The Hall–Kier alpha value is -0.970. The second-order valence-electron chi connectivity index (χ2n) is 4.51. The van der Waals surface area contributed by atoms with Gasteiger partial charge in [0.15, 0.2) is 0 Å². The van der Waals surface area contributed by atoms with Crippen LogP contribution in [-0.4, -0.2) is 37.0 Å². The molecule has 0 spiro atoms. The first kappa shape index (κ1) is 12.5. The van der Waals surface area contributed by atoms with Gasteiger partial charge in [-0.3, -0.25) is 4.98 Å². The van der Waals surface area contributed by atoms with Crippen molar-refractivity contribution in [2.75, 3.05) is 20.3 Å². The minimum Gasteiger partial charge on any atom is -0.381 e. The predicted molar refractivity (Wildman–Crippen MR) is 65.7 cm³/mol. The van der Waals surface area contributed by atoms with Crippen molar-refractivity contribution in [2.45, 2.75) is 30.9 Å². The van der Waals surface area contributed by atoms with E-state index in [0.717, 1.165) is 38.2 Å². The second kappa shape index (κ2) is 5.58. The number of nitrogens with two attached hydrogens (primary N) is 1. The lowest BCUT2D eigenvalue weighted by molar-refractivity contribution is -0.103. The maximum Gasteiger partial charge on any atom is 0.0876 e. The van der Waals surface area contributed by atoms with Crippen molar-refractivity contribution < 1.29 is 9.47 Å². The van der Waals surface area contributed by atoms with E-state index in [0.29, 0.717) is 0 Å². The minimum absolute atomic E-state index is 0.0358. The molecule has 1 aromatic rings. The Balaban J connectivity index is 2.04. The van der Waals surface area contributed by atoms with Gasteiger partial charge < -0.3 is 15.2 Å². The van der Waals surface area contributed by atoms with Crippen molar-refractivity contribution in [1.82, 2.24) is 4.98 Å². The summed E-state index contributed by atoms with van der Waals surface area (Å²) in [5.41, 5.74) is 7.07. The Morgan fingerprint density at radius 3 is 2.82 bits per heavy atom. The third-order valence-electron chi connectivity index (χ3n) is 3.58. The minimum atomic E-state index is -0.254. The number of hydrogen-bond acceptors (Lipinski definition) is 4. The molecule has 0 aliphatic carbocycles. The zero-order valence-corrected chi connectivity index (χ0v) is 10.3. The lowest BCUT2D eigenvalue weighted by Gasteiger charge is -2.40. The van der Waals surface area contributed by atoms with Gasteiger partial charge in [-0.15, -0.1) is 0 Å². The lowest BCUT2D eigenvalue weighted by atomic mass is 9.84. The smallest absolute Gasteiger partial charge is 0.0876 e. The first-order chi connectivity index (χ1) is 8.27. The molecule has 0 aromatic carbocycles. The van der Waals surface area contributed by atoms with Crippen LogP contribution in [0.5, 0.6) is 0 Å². The summed E-state index contributed by atoms with van der Waals surface area (Å²) in [4.78, 5) is 4.31. The van der Waals surface area contributed by atoms with Gasteiger partial charge in [0.05, 0.1) is 5.60 Å². The molecule has 2 rings (SSSR count). The van der Waals surface area contributed by atoms with E-state index in [1.54, 1.807) is 13.3 Å². The molecular weight excluding hydrogens is 216 g/mol. The average Bonchev–Trinajstić information content (AvgIpc) is 2.40. The quantitative estimate of drug-likeness (QED) is 0.852. The summed E-state index contributed by atoms with van der Waals surface area (Å²) in [7, 11) is 1.74. The molecule has 0 radical (unpaired) electrons. The van der Waals surface area contributed by atoms with Crippen molar-refractivity contribution in [1.29, 1.82) is 0 Å². The van der Waals surface area contributed by atoms with Crippen LogP contribution in [0.3, 0.4) is 0 Å². The summed E-state index contributed by atoms with van der Waals surface area (Å²) in [6, 6.07) is 5.86. The van der Waals surface area contributed by atoms with Crippen molar-refractivity contribution in [3.05, 3.63) is 30.1 Å². The fraction of sp³-hybridized carbons (Fsp3) is 0.615. The van der Waals surface area contributed by atoms with Crippen LogP contribution < -0.4 is 5.73 Å². The number of nitrogens with zero attached hydrogens (tertiary/aromatic N) is 1. The molecule has 2 N–H and O–H groups in total. The largest absolute Gasteiger partial charge is 0.381 e. The molecule has 94 valence electrons. The van der Waals surface area contributed by atoms with Crippen LogP contribution >= 0.6 is 0 Å². The molecule has 1 aliphatic heterocycles. The molecule has 1 fully saturated rings. The number of aromatic nitrogens is 1. The molecular formula is C13H20N2O2. The molecule has 2 heterocycles. The normalized spacial score (nSPS) is 21.1. The number of pyridine rings is 1. The van der Waals surface area contributed by atoms with Gasteiger partial charge in [0.25, 0.3) is 0 Å². The number of methoxy groups -OCH3 is 1. The van der Waals surface area contributed by atoms with Crippen LogP contribution in [0.2, 0.25) is 0 Å². The molecule has 1 atom stereocenters. The highest BCUT2D eigenvalue weighted by molar-refractivity contribution is 5.08. The van der Waals surface area contributed by atoms with Crippen molar-refractivity contribution in [3.8, 4) is 0 Å². The van der Waals surface area contributed by atoms with Gasteiger partial charge in [-0.1, -0.05) is 6.07 Å². The second-order valence-corrected chi connectivity index (χ2v) is 4.51. The van der Waals surface area contributed by atoms with Crippen LogP contribution in [0.4, 0.5) is 0 Å². The van der Waals surface area contributed by atoms with Gasteiger partial charge >= 0.3 is 0 Å². The fourth-order valence-electron chi connectivity index (χ4n) is 2.37. The molecule has 1 saturated heterocycles. The van der Waals surface area contributed by atoms with E-state index in [-0.39, 0.29) is 11.6 Å². The molecule has 1 unspecified atom stereocenters. The molecule has 4 nitrogen and oxygen atoms in total. The maximum atomic E-state index is 6.31. The van der Waals surface area contributed by atoms with Gasteiger partial charge in [0.1, 0.15) is 0 Å². The Morgan fingerprint density at radius 2 is 2.24 bits per heavy atom. The van der Waals surface area contributed by atoms with Crippen molar-refractivity contribution in [3.63, 3.8) is 0 Å². The maximum absolute atomic E-state index is 6.31. The van der Waals surface area contributed by atoms with E-state index >= 15 is 0 Å². The standard InChI is InChI=1S/C13H20N2O2/c1-16-13(5-8-17-9-6-13)12(14)10-11-4-2-3-7-15-11/h2-4,7,12H,5-6,8-10,14H2,1H3. The van der Waals surface area contributed by atoms with E-state index in [1.807, 2.05) is 18.2 Å². The summed E-state index contributed by atoms with van der Waals surface area (Å²) in [5.74, 6) is 0. The van der Waals surface area contributed by atoms with Crippen LogP contribution in [0.25, 0.3) is 0 Å². The summed E-state index contributed by atoms with van der Waals surface area (Å²) in [6.07, 6.45) is 4.26. The predicted octanol–water partition coefficient (Wildman–Crippen LogP) is 1.15. The van der Waals surface area contributed by atoms with Crippen molar-refractivity contribution >= 4 is 0 Å². The number of hydrogen-bond donors (Lipinski definition) is 1. The van der Waals surface area contributed by atoms with E-state index < -0.39 is 0 Å². The van der Waals surface area contributed by atoms with Crippen LogP contribution in [-0.2, 0) is 15.9 Å². The van der Waals surface area contributed by atoms with E-state index in [2.05, 4.69) is 4.98 Å². The third kappa shape index (κ3) is 2.83. The fourth-order valence-corrected chi connectivity index (χ4v) is 2.37. The van der Waals surface area contributed by atoms with Gasteiger partial charge in [-0.25, -0.2) is 0 Å². The summed E-state index contributed by atoms with van der Waals surface area (Å²) in [6.45, 7) is 1.45. The highest BCUT2D eigenvalue weighted by atomic mass is 16.5. The number of ether oxygens (including phenoxy) is 2. The summed E-state index contributed by atoms with van der Waals surface area (Å²) < 4.78 is 11.1. The van der Waals surface area contributed by atoms with E-state index in [9.17, 15) is 0 Å². The Bertz CT molecular complexity index is 337. The molecule has 1 aromatic heterocycles. The highest BCUT2D eigenvalue weighted by Gasteiger charge is 2.38. The van der Waals surface area contributed by atoms with Crippen LogP contribution in [0.15, 0.2) is 24.4 Å². The molecule has 0 bridgehead atoms. The van der Waals surface area contributed by atoms with Gasteiger partial charge in [-0.2, -0.15) is 0 Å². The monoisotopic (exact) mass is 236 g/mol. The summed E-state index contributed by atoms with van der Waals surface area (Å²) >= 11 is 0. The molecule has 1 aliphatic rings. The van der Waals surface area contributed by atoms with E-state index in [1.165, 1.54) is 0 Å². The van der Waals surface area contributed by atoms with E-state index in [4.69, 9.17) is 15.2 Å².